The van der Waals surface area contributed by atoms with E-state index >= 15 is 0 Å². The maximum Gasteiger partial charge on any atom is 0.308 e. The second kappa shape index (κ2) is 6.55. The normalized spacial score (nSPS) is 34.2. The van der Waals surface area contributed by atoms with Gasteiger partial charge in [0.1, 0.15) is 0 Å². The monoisotopic (exact) mass is 253 g/mol. The zero-order valence-corrected chi connectivity index (χ0v) is 11.6. The summed E-state index contributed by atoms with van der Waals surface area (Å²) in [4.78, 5) is 11.5. The fourth-order valence-corrected chi connectivity index (χ4v) is 3.61. The van der Waals surface area contributed by atoms with Gasteiger partial charge in [0, 0.05) is 13.0 Å². The van der Waals surface area contributed by atoms with Crippen LogP contribution in [0.1, 0.15) is 51.4 Å². The molecule has 2 aliphatic carbocycles. The predicted octanol–water partition coefficient (Wildman–Crippen LogP) is 3.13. The van der Waals surface area contributed by atoms with Gasteiger partial charge < -0.3 is 9.47 Å². The van der Waals surface area contributed by atoms with Crippen LogP contribution in [-0.4, -0.2) is 26.3 Å². The molecule has 0 aliphatic heterocycles. The zero-order chi connectivity index (χ0) is 13.0. The molecule has 0 saturated heterocycles. The van der Waals surface area contributed by atoms with E-state index in [-0.39, 0.29) is 11.9 Å². The van der Waals surface area contributed by atoms with Gasteiger partial charge in [0.2, 0.25) is 0 Å². The van der Waals surface area contributed by atoms with E-state index < -0.39 is 0 Å². The minimum atomic E-state index is -0.0228. The first-order valence-corrected chi connectivity index (χ1v) is 7.22. The van der Waals surface area contributed by atoms with Gasteiger partial charge in [-0.05, 0) is 44.4 Å². The second-order valence-electron chi connectivity index (χ2n) is 5.62. The first-order chi connectivity index (χ1) is 8.76. The third kappa shape index (κ3) is 3.05. The molecule has 1 atom stereocenters. The summed E-state index contributed by atoms with van der Waals surface area (Å²) in [5.41, 5.74) is 0. The number of hydrogen-bond acceptors (Lipinski definition) is 3. The first kappa shape index (κ1) is 13.9. The molecule has 0 bridgehead atoms. The molecule has 0 heterocycles. The molecule has 0 aromatic heterocycles. The Labute approximate surface area is 110 Å². The fourth-order valence-electron chi connectivity index (χ4n) is 3.61. The summed E-state index contributed by atoms with van der Waals surface area (Å²) >= 11 is 0. The molecule has 2 rings (SSSR count). The number of esters is 1. The van der Waals surface area contributed by atoms with Crippen molar-refractivity contribution < 1.29 is 14.3 Å². The minimum Gasteiger partial charge on any atom is -0.469 e. The second-order valence-corrected chi connectivity index (χ2v) is 5.62. The van der Waals surface area contributed by atoms with E-state index in [0.29, 0.717) is 12.0 Å². The van der Waals surface area contributed by atoms with Crippen molar-refractivity contribution in [2.75, 3.05) is 14.2 Å². The number of carbonyl (C=O) groups is 1. The van der Waals surface area contributed by atoms with Crippen LogP contribution in [0.2, 0.25) is 0 Å². The van der Waals surface area contributed by atoms with Crippen LogP contribution in [0, 0.1) is 17.8 Å². The quantitative estimate of drug-likeness (QED) is 0.725. The zero-order valence-electron chi connectivity index (χ0n) is 11.6. The van der Waals surface area contributed by atoms with Crippen LogP contribution in [0.25, 0.3) is 0 Å². The first-order valence-electron chi connectivity index (χ1n) is 7.22. The van der Waals surface area contributed by atoms with Crippen LogP contribution in [0.3, 0.4) is 0 Å². The van der Waals surface area contributed by atoms with Crippen LogP contribution in [0.5, 0.6) is 0 Å². The summed E-state index contributed by atoms with van der Waals surface area (Å²) in [5.74, 6) is 2.41. The molecule has 2 aliphatic rings. The van der Waals surface area contributed by atoms with Crippen molar-refractivity contribution in [1.82, 2.24) is 0 Å². The Bertz CT molecular complexity index is 269. The number of hydrogen-bond donors (Lipinski definition) is 0. The standard InChI is InChI=1S/C15H25O3/c1-17-14-6-4-3-5-13(14)11-7-9-12(10-8-11)15(16)18-2/h11-12,14H,3-10H2,1-2H3. The molecule has 3 nitrogen and oxygen atoms in total. The lowest BCUT2D eigenvalue weighted by atomic mass is 9.70. The maximum atomic E-state index is 11.5. The number of rotatable bonds is 3. The van der Waals surface area contributed by atoms with Crippen LogP contribution in [0.4, 0.5) is 0 Å². The smallest absolute Gasteiger partial charge is 0.308 e. The minimum absolute atomic E-state index is 0.0228. The lowest BCUT2D eigenvalue weighted by molar-refractivity contribution is -0.146. The Hall–Kier alpha value is -0.570. The summed E-state index contributed by atoms with van der Waals surface area (Å²) in [6, 6.07) is 0. The van der Waals surface area contributed by atoms with Gasteiger partial charge in [-0.25, -0.2) is 0 Å². The van der Waals surface area contributed by atoms with Crippen molar-refractivity contribution in [2.45, 2.75) is 57.5 Å². The molecule has 0 amide bonds. The molecule has 103 valence electrons. The Morgan fingerprint density at radius 1 is 1.06 bits per heavy atom. The highest BCUT2D eigenvalue weighted by Gasteiger charge is 2.36. The average Bonchev–Trinajstić information content (AvgIpc) is 2.46. The summed E-state index contributed by atoms with van der Waals surface area (Å²) in [5, 5.41) is 0. The van der Waals surface area contributed by atoms with Crippen molar-refractivity contribution in [3.8, 4) is 0 Å². The van der Waals surface area contributed by atoms with E-state index in [1.54, 1.807) is 5.92 Å². The van der Waals surface area contributed by atoms with Gasteiger partial charge in [-0.2, -0.15) is 0 Å². The number of methoxy groups -OCH3 is 2. The van der Waals surface area contributed by atoms with Gasteiger partial charge in [-0.1, -0.05) is 12.8 Å². The van der Waals surface area contributed by atoms with Crippen molar-refractivity contribution in [1.29, 1.82) is 0 Å². The van der Waals surface area contributed by atoms with Gasteiger partial charge >= 0.3 is 5.97 Å². The molecule has 3 heteroatoms. The highest BCUT2D eigenvalue weighted by atomic mass is 16.5. The topological polar surface area (TPSA) is 35.5 Å². The predicted molar refractivity (Wildman–Crippen MR) is 70.0 cm³/mol. The van der Waals surface area contributed by atoms with Crippen molar-refractivity contribution in [3.05, 3.63) is 5.92 Å². The molecular weight excluding hydrogens is 228 g/mol. The van der Waals surface area contributed by atoms with E-state index in [1.807, 2.05) is 7.11 Å². The van der Waals surface area contributed by atoms with Gasteiger partial charge in [-0.3, -0.25) is 4.79 Å². The lowest BCUT2D eigenvalue weighted by Gasteiger charge is -2.38. The van der Waals surface area contributed by atoms with Crippen molar-refractivity contribution in [3.63, 3.8) is 0 Å². The summed E-state index contributed by atoms with van der Waals surface area (Å²) in [6.07, 6.45) is 9.62. The molecule has 0 N–H and O–H groups in total. The number of carbonyl (C=O) groups excluding carboxylic acids is 1. The summed E-state index contributed by atoms with van der Waals surface area (Å²) < 4.78 is 10.5. The van der Waals surface area contributed by atoms with Crippen LogP contribution in [0.15, 0.2) is 0 Å². The maximum absolute atomic E-state index is 11.5. The Morgan fingerprint density at radius 2 is 1.78 bits per heavy atom. The largest absolute Gasteiger partial charge is 0.469 e. The molecule has 0 spiro atoms. The lowest BCUT2D eigenvalue weighted by Crippen LogP contribution is -2.34. The average molecular weight is 253 g/mol. The van der Waals surface area contributed by atoms with Crippen LogP contribution in [-0.2, 0) is 14.3 Å². The summed E-state index contributed by atoms with van der Waals surface area (Å²) in [7, 11) is 3.32. The molecular formula is C15H25O3. The van der Waals surface area contributed by atoms with Gasteiger partial charge in [0.15, 0.2) is 0 Å². The van der Waals surface area contributed by atoms with E-state index in [0.717, 1.165) is 25.7 Å². The van der Waals surface area contributed by atoms with E-state index in [9.17, 15) is 4.79 Å². The highest BCUT2D eigenvalue weighted by molar-refractivity contribution is 5.72. The number of ether oxygens (including phenoxy) is 2. The van der Waals surface area contributed by atoms with E-state index in [1.165, 1.54) is 32.8 Å². The Kier molecular flexibility index (Phi) is 5.04. The van der Waals surface area contributed by atoms with Crippen LogP contribution >= 0.6 is 0 Å². The Balaban J connectivity index is 1.86. The summed E-state index contributed by atoms with van der Waals surface area (Å²) in [6.45, 7) is 0. The van der Waals surface area contributed by atoms with Crippen molar-refractivity contribution in [2.24, 2.45) is 11.8 Å². The molecule has 0 aromatic carbocycles. The van der Waals surface area contributed by atoms with Gasteiger partial charge in [0.05, 0.1) is 19.1 Å². The molecule has 2 fully saturated rings. The molecule has 18 heavy (non-hydrogen) atoms. The van der Waals surface area contributed by atoms with Crippen molar-refractivity contribution >= 4 is 5.97 Å². The van der Waals surface area contributed by atoms with E-state index in [4.69, 9.17) is 9.47 Å². The molecule has 1 radical (unpaired) electrons. The third-order valence-corrected chi connectivity index (χ3v) is 4.67. The Morgan fingerprint density at radius 3 is 2.39 bits per heavy atom. The van der Waals surface area contributed by atoms with E-state index in [2.05, 4.69) is 0 Å². The van der Waals surface area contributed by atoms with Crippen LogP contribution < -0.4 is 0 Å². The molecule has 2 saturated carbocycles. The van der Waals surface area contributed by atoms with Gasteiger partial charge in [0.25, 0.3) is 0 Å². The molecule has 0 aromatic rings. The molecule has 1 unspecified atom stereocenters. The third-order valence-electron chi connectivity index (χ3n) is 4.67. The fraction of sp³-hybridized carbons (Fsp3) is 0.867. The highest BCUT2D eigenvalue weighted by Crippen LogP contribution is 2.42. The van der Waals surface area contributed by atoms with Gasteiger partial charge in [-0.15, -0.1) is 0 Å². The SMILES string of the molecule is COC(=O)C1CCC([C]2CCCCC2OC)CC1.